The van der Waals surface area contributed by atoms with Gasteiger partial charge in [0.1, 0.15) is 5.76 Å². The minimum atomic E-state index is -0.456. The van der Waals surface area contributed by atoms with Crippen molar-refractivity contribution in [1.82, 2.24) is 10.2 Å². The molecule has 1 aliphatic rings. The van der Waals surface area contributed by atoms with Crippen molar-refractivity contribution in [2.45, 2.75) is 6.92 Å². The zero-order valence-electron chi connectivity index (χ0n) is 18.1. The molecule has 1 amide bonds. The van der Waals surface area contributed by atoms with E-state index in [0.29, 0.717) is 21.4 Å². The van der Waals surface area contributed by atoms with Gasteiger partial charge in [0.2, 0.25) is 0 Å². The molecule has 0 aliphatic carbocycles. The molecule has 172 valence electrons. The normalized spacial score (nSPS) is 14.2. The van der Waals surface area contributed by atoms with Crippen LogP contribution in [0.2, 0.25) is 10.0 Å². The van der Waals surface area contributed by atoms with Crippen LogP contribution in [0.3, 0.4) is 0 Å². The van der Waals surface area contributed by atoms with Gasteiger partial charge in [0.05, 0.1) is 5.02 Å². The second kappa shape index (κ2) is 10.6. The van der Waals surface area contributed by atoms with E-state index in [9.17, 15) is 4.79 Å². The summed E-state index contributed by atoms with van der Waals surface area (Å²) in [5, 5.41) is 6.86. The van der Waals surface area contributed by atoms with Gasteiger partial charge in [-0.05, 0) is 73.4 Å². The van der Waals surface area contributed by atoms with Crippen LogP contribution < -0.4 is 15.5 Å². The summed E-state index contributed by atoms with van der Waals surface area (Å²) in [7, 11) is 0. The van der Waals surface area contributed by atoms with E-state index in [1.165, 1.54) is 5.69 Å². The van der Waals surface area contributed by atoms with Crippen LogP contribution in [0.25, 0.3) is 11.3 Å². The number of nitrogens with zero attached hydrogens (tertiary/aromatic N) is 2. The Bertz CT molecular complexity index is 1140. The number of anilines is 2. The third kappa shape index (κ3) is 5.86. The summed E-state index contributed by atoms with van der Waals surface area (Å²) in [5.41, 5.74) is 2.58. The molecule has 1 saturated heterocycles. The summed E-state index contributed by atoms with van der Waals surface area (Å²) in [4.78, 5) is 17.4. The standard InChI is InChI=1S/C24H24Cl2N4O2S/c1-2-29-11-13-30(14-12-29)18-6-4-17(5-7-18)27-24(33)28-23(31)22-10-9-21(32-22)19-15-16(25)3-8-20(19)26/h3-10,15H,2,11-14H2,1H3,(H2,27,28,31,33). The molecule has 33 heavy (non-hydrogen) atoms. The summed E-state index contributed by atoms with van der Waals surface area (Å²) in [5.74, 6) is 0.107. The number of piperazine rings is 1. The lowest BCUT2D eigenvalue weighted by atomic mass is 10.2. The lowest BCUT2D eigenvalue weighted by Crippen LogP contribution is -2.46. The molecule has 2 aromatic carbocycles. The first kappa shape index (κ1) is 23.6. The van der Waals surface area contributed by atoms with E-state index in [0.717, 1.165) is 38.4 Å². The zero-order valence-corrected chi connectivity index (χ0v) is 20.4. The van der Waals surface area contributed by atoms with Gasteiger partial charge in [0.25, 0.3) is 5.91 Å². The van der Waals surface area contributed by atoms with Crippen LogP contribution in [0.1, 0.15) is 17.5 Å². The average Bonchev–Trinajstić information content (AvgIpc) is 3.31. The quantitative estimate of drug-likeness (QED) is 0.447. The molecular weight excluding hydrogens is 479 g/mol. The van der Waals surface area contributed by atoms with Gasteiger partial charge < -0.3 is 19.5 Å². The number of nitrogens with one attached hydrogen (secondary N) is 2. The van der Waals surface area contributed by atoms with Crippen LogP contribution in [0.4, 0.5) is 11.4 Å². The maximum atomic E-state index is 12.6. The first-order valence-electron chi connectivity index (χ1n) is 10.7. The van der Waals surface area contributed by atoms with E-state index in [1.54, 1.807) is 30.3 Å². The van der Waals surface area contributed by atoms with Gasteiger partial charge in [0, 0.05) is 48.1 Å². The Morgan fingerprint density at radius 1 is 1.03 bits per heavy atom. The van der Waals surface area contributed by atoms with Crippen LogP contribution in [-0.4, -0.2) is 48.6 Å². The Balaban J connectivity index is 1.33. The predicted octanol–water partition coefficient (Wildman–Crippen LogP) is 5.52. The first-order valence-corrected chi connectivity index (χ1v) is 11.8. The highest BCUT2D eigenvalue weighted by atomic mass is 35.5. The minimum Gasteiger partial charge on any atom is -0.451 e. The third-order valence-electron chi connectivity index (χ3n) is 5.56. The molecule has 0 saturated carbocycles. The molecule has 2 N–H and O–H groups in total. The van der Waals surface area contributed by atoms with Gasteiger partial charge in [-0.3, -0.25) is 10.1 Å². The van der Waals surface area contributed by atoms with Gasteiger partial charge in [0.15, 0.2) is 10.9 Å². The van der Waals surface area contributed by atoms with E-state index < -0.39 is 5.91 Å². The molecule has 0 bridgehead atoms. The van der Waals surface area contributed by atoms with Crippen LogP contribution in [-0.2, 0) is 0 Å². The molecule has 6 nitrogen and oxygen atoms in total. The average molecular weight is 503 g/mol. The van der Waals surface area contributed by atoms with Crippen LogP contribution in [0.5, 0.6) is 0 Å². The number of halogens is 2. The Morgan fingerprint density at radius 2 is 1.76 bits per heavy atom. The third-order valence-corrected chi connectivity index (χ3v) is 6.33. The van der Waals surface area contributed by atoms with Crippen molar-refractivity contribution < 1.29 is 9.21 Å². The van der Waals surface area contributed by atoms with Crippen molar-refractivity contribution in [3.63, 3.8) is 0 Å². The van der Waals surface area contributed by atoms with E-state index in [1.807, 2.05) is 12.1 Å². The van der Waals surface area contributed by atoms with Crippen molar-refractivity contribution >= 4 is 57.8 Å². The Labute approximate surface area is 208 Å². The monoisotopic (exact) mass is 502 g/mol. The number of carbonyl (C=O) groups excluding carboxylic acids is 1. The molecule has 0 unspecified atom stereocenters. The molecule has 2 heterocycles. The summed E-state index contributed by atoms with van der Waals surface area (Å²) in [6, 6.07) is 16.3. The van der Waals surface area contributed by atoms with Crippen LogP contribution >= 0.6 is 35.4 Å². The van der Waals surface area contributed by atoms with Crippen molar-refractivity contribution in [3.05, 3.63) is 70.4 Å². The van der Waals surface area contributed by atoms with Gasteiger partial charge in [-0.15, -0.1) is 0 Å². The van der Waals surface area contributed by atoms with Crippen LogP contribution in [0.15, 0.2) is 59.0 Å². The van der Waals surface area contributed by atoms with Crippen molar-refractivity contribution in [1.29, 1.82) is 0 Å². The second-order valence-corrected chi connectivity index (χ2v) is 8.92. The molecule has 3 aromatic rings. The van der Waals surface area contributed by atoms with Crippen LogP contribution in [0, 0.1) is 0 Å². The molecule has 1 aliphatic heterocycles. The van der Waals surface area contributed by atoms with E-state index in [4.69, 9.17) is 39.8 Å². The predicted molar refractivity (Wildman–Crippen MR) is 139 cm³/mol. The fourth-order valence-corrected chi connectivity index (χ4v) is 4.29. The number of amides is 1. The molecule has 4 rings (SSSR count). The topological polar surface area (TPSA) is 60.8 Å². The number of rotatable bonds is 5. The second-order valence-electron chi connectivity index (χ2n) is 7.66. The lowest BCUT2D eigenvalue weighted by Gasteiger charge is -2.35. The smallest absolute Gasteiger partial charge is 0.293 e. The maximum Gasteiger partial charge on any atom is 0.293 e. The lowest BCUT2D eigenvalue weighted by molar-refractivity contribution is 0.0951. The summed E-state index contributed by atoms with van der Waals surface area (Å²) in [6.07, 6.45) is 0. The van der Waals surface area contributed by atoms with Crippen molar-refractivity contribution in [2.75, 3.05) is 42.9 Å². The summed E-state index contributed by atoms with van der Waals surface area (Å²) < 4.78 is 5.67. The van der Waals surface area contributed by atoms with E-state index >= 15 is 0 Å². The molecule has 9 heteroatoms. The number of hydrogen-bond acceptors (Lipinski definition) is 5. The fraction of sp³-hybridized carbons (Fsp3) is 0.250. The molecule has 0 atom stereocenters. The summed E-state index contributed by atoms with van der Waals surface area (Å²) in [6.45, 7) is 7.46. The summed E-state index contributed by atoms with van der Waals surface area (Å²) >= 11 is 17.5. The number of furan rings is 1. The van der Waals surface area contributed by atoms with Crippen molar-refractivity contribution in [3.8, 4) is 11.3 Å². The van der Waals surface area contributed by atoms with E-state index in [-0.39, 0.29) is 10.9 Å². The Morgan fingerprint density at radius 3 is 2.45 bits per heavy atom. The number of thiocarbonyl (C=S) groups is 1. The number of likely N-dealkylation sites (N-methyl/N-ethyl adjacent to an activating group) is 1. The first-order chi connectivity index (χ1) is 15.9. The molecular formula is C24H24Cl2N4O2S. The number of hydrogen-bond donors (Lipinski definition) is 2. The molecule has 1 fully saturated rings. The highest BCUT2D eigenvalue weighted by Gasteiger charge is 2.17. The maximum absolute atomic E-state index is 12.6. The number of carbonyl (C=O) groups is 1. The molecule has 0 radical (unpaired) electrons. The fourth-order valence-electron chi connectivity index (χ4n) is 3.70. The highest BCUT2D eigenvalue weighted by molar-refractivity contribution is 7.80. The largest absolute Gasteiger partial charge is 0.451 e. The van der Waals surface area contributed by atoms with Gasteiger partial charge in [-0.2, -0.15) is 0 Å². The van der Waals surface area contributed by atoms with Gasteiger partial charge in [-0.25, -0.2) is 0 Å². The van der Waals surface area contributed by atoms with E-state index in [2.05, 4.69) is 39.5 Å². The highest BCUT2D eigenvalue weighted by Crippen LogP contribution is 2.31. The SMILES string of the molecule is CCN1CCN(c2ccc(NC(=S)NC(=O)c3ccc(-c4cc(Cl)ccc4Cl)o3)cc2)CC1. The Kier molecular flexibility index (Phi) is 7.55. The Hall–Kier alpha value is -2.58. The van der Waals surface area contributed by atoms with Gasteiger partial charge >= 0.3 is 0 Å². The number of benzene rings is 2. The minimum absolute atomic E-state index is 0.117. The molecule has 0 spiro atoms. The molecule has 1 aromatic heterocycles. The zero-order chi connectivity index (χ0) is 23.4. The van der Waals surface area contributed by atoms with Crippen molar-refractivity contribution in [2.24, 2.45) is 0 Å². The van der Waals surface area contributed by atoms with Gasteiger partial charge in [-0.1, -0.05) is 30.1 Å².